The zero-order valence-electron chi connectivity index (χ0n) is 15.0. The summed E-state index contributed by atoms with van der Waals surface area (Å²) in [6.45, 7) is 13.9. The van der Waals surface area contributed by atoms with Crippen LogP contribution in [0.15, 0.2) is 24.3 Å². The SMILES string of the molecule is C=C1CC[C@H](O)C(=C)CC[C@@H]2[C@@H]1C[C@@]2(C)CCC(O)C(C)(C)O. The summed E-state index contributed by atoms with van der Waals surface area (Å²) in [7, 11) is 0. The van der Waals surface area contributed by atoms with E-state index in [9.17, 15) is 15.3 Å². The van der Waals surface area contributed by atoms with Gasteiger partial charge in [0.25, 0.3) is 0 Å². The van der Waals surface area contributed by atoms with Gasteiger partial charge in [-0.2, -0.15) is 0 Å². The van der Waals surface area contributed by atoms with Gasteiger partial charge in [-0.05, 0) is 81.6 Å². The first-order valence-electron chi connectivity index (χ1n) is 8.98. The predicted octanol–water partition coefficient (Wildman–Crippen LogP) is 3.59. The van der Waals surface area contributed by atoms with E-state index in [1.165, 1.54) is 5.57 Å². The van der Waals surface area contributed by atoms with Gasteiger partial charge in [-0.15, -0.1) is 0 Å². The van der Waals surface area contributed by atoms with Crippen molar-refractivity contribution >= 4 is 0 Å². The molecule has 1 unspecified atom stereocenters. The molecule has 5 atom stereocenters. The standard InChI is InChI=1S/C20H34O3/c1-13-7-9-17(21)14(2)6-8-16-15(13)12-20(16,5)11-10-18(22)19(3,4)23/h15-18,21-23H,1-2,6-12H2,3-5H3/t15-,16-,17+,18?,20-/m1/s1. The minimum Gasteiger partial charge on any atom is -0.390 e. The van der Waals surface area contributed by atoms with E-state index in [4.69, 9.17) is 0 Å². The highest BCUT2D eigenvalue weighted by Crippen LogP contribution is 2.59. The topological polar surface area (TPSA) is 60.7 Å². The molecule has 132 valence electrons. The third-order valence-electron chi connectivity index (χ3n) is 6.38. The number of hydrogen-bond donors (Lipinski definition) is 3. The van der Waals surface area contributed by atoms with Crippen molar-refractivity contribution in [2.24, 2.45) is 17.3 Å². The van der Waals surface area contributed by atoms with Crippen LogP contribution in [0.5, 0.6) is 0 Å². The second-order valence-electron chi connectivity index (χ2n) is 8.69. The van der Waals surface area contributed by atoms with E-state index in [0.717, 1.165) is 44.1 Å². The molecule has 2 aliphatic rings. The highest BCUT2D eigenvalue weighted by Gasteiger charge is 2.50. The van der Waals surface area contributed by atoms with Gasteiger partial charge in [0, 0.05) is 0 Å². The van der Waals surface area contributed by atoms with Gasteiger partial charge in [-0.3, -0.25) is 0 Å². The van der Waals surface area contributed by atoms with Gasteiger partial charge >= 0.3 is 0 Å². The van der Waals surface area contributed by atoms with Crippen LogP contribution in [0, 0.1) is 17.3 Å². The van der Waals surface area contributed by atoms with Crippen LogP contribution in [-0.2, 0) is 0 Å². The highest BCUT2D eigenvalue weighted by molar-refractivity contribution is 5.17. The largest absolute Gasteiger partial charge is 0.390 e. The maximum Gasteiger partial charge on any atom is 0.0849 e. The normalized spacial score (nSPS) is 37.2. The molecule has 2 saturated carbocycles. The maximum absolute atomic E-state index is 10.1. The first-order valence-corrected chi connectivity index (χ1v) is 8.98. The third-order valence-corrected chi connectivity index (χ3v) is 6.38. The molecule has 0 heterocycles. The summed E-state index contributed by atoms with van der Waals surface area (Å²) >= 11 is 0. The average molecular weight is 322 g/mol. The molecule has 2 aliphatic carbocycles. The summed E-state index contributed by atoms with van der Waals surface area (Å²) in [4.78, 5) is 0. The fraction of sp³-hybridized carbons (Fsp3) is 0.800. The van der Waals surface area contributed by atoms with E-state index < -0.39 is 17.8 Å². The molecule has 0 bridgehead atoms. The van der Waals surface area contributed by atoms with E-state index in [0.29, 0.717) is 18.3 Å². The molecule has 0 saturated heterocycles. The Balaban J connectivity index is 2.02. The highest BCUT2D eigenvalue weighted by atomic mass is 16.3. The van der Waals surface area contributed by atoms with Crippen molar-refractivity contribution in [1.29, 1.82) is 0 Å². The zero-order chi connectivity index (χ0) is 17.4. The lowest BCUT2D eigenvalue weighted by molar-refractivity contribution is -0.0759. The van der Waals surface area contributed by atoms with Crippen molar-refractivity contribution in [3.05, 3.63) is 24.3 Å². The van der Waals surface area contributed by atoms with Gasteiger partial charge < -0.3 is 15.3 Å². The van der Waals surface area contributed by atoms with Crippen molar-refractivity contribution in [2.75, 3.05) is 0 Å². The summed E-state index contributed by atoms with van der Waals surface area (Å²) in [5.74, 6) is 1.09. The molecule has 0 spiro atoms. The minimum atomic E-state index is -1.04. The second kappa shape index (κ2) is 6.70. The van der Waals surface area contributed by atoms with Crippen LogP contribution in [0.25, 0.3) is 0 Å². The minimum absolute atomic E-state index is 0.190. The predicted molar refractivity (Wildman–Crippen MR) is 94.0 cm³/mol. The van der Waals surface area contributed by atoms with E-state index in [1.54, 1.807) is 13.8 Å². The van der Waals surface area contributed by atoms with Crippen molar-refractivity contribution in [3.8, 4) is 0 Å². The quantitative estimate of drug-likeness (QED) is 0.693. The molecule has 0 aromatic carbocycles. The Labute approximate surface area is 141 Å². The molecule has 3 nitrogen and oxygen atoms in total. The van der Waals surface area contributed by atoms with E-state index in [2.05, 4.69) is 20.1 Å². The lowest BCUT2D eigenvalue weighted by Gasteiger charge is -2.55. The Morgan fingerprint density at radius 3 is 2.43 bits per heavy atom. The summed E-state index contributed by atoms with van der Waals surface area (Å²) in [5.41, 5.74) is 1.36. The van der Waals surface area contributed by atoms with E-state index in [-0.39, 0.29) is 5.41 Å². The Kier molecular flexibility index (Phi) is 5.44. The van der Waals surface area contributed by atoms with Crippen LogP contribution < -0.4 is 0 Å². The van der Waals surface area contributed by atoms with Crippen molar-refractivity contribution in [1.82, 2.24) is 0 Å². The van der Waals surface area contributed by atoms with E-state index in [1.807, 2.05) is 0 Å². The van der Waals surface area contributed by atoms with Crippen LogP contribution in [-0.4, -0.2) is 33.1 Å². The summed E-state index contributed by atoms with van der Waals surface area (Å²) < 4.78 is 0. The zero-order valence-corrected chi connectivity index (χ0v) is 15.0. The monoisotopic (exact) mass is 322 g/mol. The first kappa shape index (κ1) is 18.7. The van der Waals surface area contributed by atoms with Crippen molar-refractivity contribution < 1.29 is 15.3 Å². The fourth-order valence-electron chi connectivity index (χ4n) is 4.43. The lowest BCUT2D eigenvalue weighted by Crippen LogP contribution is -2.48. The van der Waals surface area contributed by atoms with Gasteiger partial charge in [-0.25, -0.2) is 0 Å². The van der Waals surface area contributed by atoms with Gasteiger partial charge in [0.05, 0.1) is 17.8 Å². The second-order valence-corrected chi connectivity index (χ2v) is 8.69. The van der Waals surface area contributed by atoms with Crippen LogP contribution >= 0.6 is 0 Å². The fourth-order valence-corrected chi connectivity index (χ4v) is 4.43. The molecule has 23 heavy (non-hydrogen) atoms. The van der Waals surface area contributed by atoms with Crippen LogP contribution in [0.4, 0.5) is 0 Å². The lowest BCUT2D eigenvalue weighted by atomic mass is 9.49. The van der Waals surface area contributed by atoms with Crippen LogP contribution in [0.3, 0.4) is 0 Å². The Morgan fingerprint density at radius 2 is 1.83 bits per heavy atom. The van der Waals surface area contributed by atoms with Gasteiger partial charge in [-0.1, -0.05) is 25.7 Å². The number of rotatable bonds is 4. The molecule has 2 fully saturated rings. The number of aliphatic hydroxyl groups is 3. The van der Waals surface area contributed by atoms with Crippen LogP contribution in [0.1, 0.15) is 65.7 Å². The van der Waals surface area contributed by atoms with Gasteiger partial charge in [0.1, 0.15) is 0 Å². The first-order chi connectivity index (χ1) is 10.5. The van der Waals surface area contributed by atoms with Gasteiger partial charge in [0.2, 0.25) is 0 Å². The number of fused-ring (bicyclic) bond motifs is 1. The maximum atomic E-state index is 10.1. The third kappa shape index (κ3) is 4.07. The van der Waals surface area contributed by atoms with Crippen LogP contribution in [0.2, 0.25) is 0 Å². The summed E-state index contributed by atoms with van der Waals surface area (Å²) in [6.07, 6.45) is 5.10. The average Bonchev–Trinajstić information content (AvgIpc) is 2.49. The molecule has 0 aromatic rings. The van der Waals surface area contributed by atoms with E-state index >= 15 is 0 Å². The smallest absolute Gasteiger partial charge is 0.0849 e. The Hall–Kier alpha value is -0.640. The Morgan fingerprint density at radius 1 is 1.22 bits per heavy atom. The summed E-state index contributed by atoms with van der Waals surface area (Å²) in [5, 5.41) is 30.2. The number of aliphatic hydroxyl groups excluding tert-OH is 2. The number of hydrogen-bond acceptors (Lipinski definition) is 3. The molecule has 0 radical (unpaired) electrons. The molecular formula is C20H34O3. The molecule has 0 aliphatic heterocycles. The molecular weight excluding hydrogens is 288 g/mol. The molecule has 3 heteroatoms. The molecule has 2 rings (SSSR count). The van der Waals surface area contributed by atoms with Crippen molar-refractivity contribution in [3.63, 3.8) is 0 Å². The van der Waals surface area contributed by atoms with Gasteiger partial charge in [0.15, 0.2) is 0 Å². The Bertz CT molecular complexity index is 462. The number of allylic oxidation sites excluding steroid dienone is 1. The molecule has 0 amide bonds. The molecule has 0 aromatic heterocycles. The van der Waals surface area contributed by atoms with Crippen molar-refractivity contribution in [2.45, 2.75) is 83.5 Å². The molecule has 3 N–H and O–H groups in total. The summed E-state index contributed by atoms with van der Waals surface area (Å²) in [6, 6.07) is 0.